The quantitative estimate of drug-likeness (QED) is 0.434. The van der Waals surface area contributed by atoms with Gasteiger partial charge in [0.05, 0.1) is 9.79 Å². The zero-order chi connectivity index (χ0) is 27.5. The number of rotatable bonds is 7. The van der Waals surface area contributed by atoms with Crippen LogP contribution in [0.3, 0.4) is 0 Å². The molecule has 0 aromatic heterocycles. The molecule has 1 amide bonds. The first-order chi connectivity index (χ1) is 18.7. The second kappa shape index (κ2) is 11.6. The Morgan fingerprint density at radius 1 is 0.564 bits per heavy atom. The van der Waals surface area contributed by atoms with E-state index in [1.165, 1.54) is 8.61 Å². The monoisotopic (exact) mass is 568 g/mol. The summed E-state index contributed by atoms with van der Waals surface area (Å²) in [5, 5.41) is 0. The number of hydrogen-bond acceptors (Lipinski definition) is 6. The fourth-order valence-electron chi connectivity index (χ4n) is 4.94. The smallest absolute Gasteiger partial charge is 0.253 e. The lowest BCUT2D eigenvalue weighted by atomic mass is 10.1. The molecule has 2 fully saturated rings. The Kier molecular flexibility index (Phi) is 8.15. The van der Waals surface area contributed by atoms with Gasteiger partial charge in [-0.15, -0.1) is 0 Å². The number of nitrogens with zero attached hydrogens (tertiary/aromatic N) is 4. The number of hydrogen-bond donors (Lipinski definition) is 0. The van der Waals surface area contributed by atoms with E-state index in [9.17, 15) is 21.6 Å². The number of carbonyl (C=O) groups excluding carboxylic acids is 1. The van der Waals surface area contributed by atoms with Crippen LogP contribution >= 0.6 is 0 Å². The highest BCUT2D eigenvalue weighted by Crippen LogP contribution is 2.20. The molecule has 0 bridgehead atoms. The van der Waals surface area contributed by atoms with E-state index < -0.39 is 20.0 Å². The number of piperazine rings is 2. The predicted molar refractivity (Wildman–Crippen MR) is 148 cm³/mol. The fourth-order valence-corrected chi connectivity index (χ4v) is 7.82. The van der Waals surface area contributed by atoms with Crippen LogP contribution in [-0.2, 0) is 26.6 Å². The topological polar surface area (TPSA) is 98.3 Å². The van der Waals surface area contributed by atoms with E-state index in [4.69, 9.17) is 0 Å². The minimum Gasteiger partial charge on any atom is -0.336 e. The molecule has 5 rings (SSSR count). The molecule has 3 aromatic carbocycles. The van der Waals surface area contributed by atoms with Crippen molar-refractivity contribution in [3.8, 4) is 0 Å². The van der Waals surface area contributed by atoms with E-state index in [0.29, 0.717) is 56.3 Å². The lowest BCUT2D eigenvalue weighted by Crippen LogP contribution is -2.50. The fraction of sp³-hybridized carbons (Fsp3) is 0.321. The second-order valence-corrected chi connectivity index (χ2v) is 13.6. The number of amides is 1. The molecule has 0 saturated carbocycles. The van der Waals surface area contributed by atoms with Crippen LogP contribution in [-0.4, -0.2) is 93.5 Å². The van der Waals surface area contributed by atoms with Crippen LogP contribution in [0.15, 0.2) is 94.7 Å². The normalized spacial score (nSPS) is 18.2. The van der Waals surface area contributed by atoms with Gasteiger partial charge >= 0.3 is 0 Å². The summed E-state index contributed by atoms with van der Waals surface area (Å²) in [6.45, 7) is 3.97. The van der Waals surface area contributed by atoms with Crippen molar-refractivity contribution in [2.45, 2.75) is 16.3 Å². The summed E-state index contributed by atoms with van der Waals surface area (Å²) in [4.78, 5) is 17.5. The van der Waals surface area contributed by atoms with Crippen LogP contribution in [0.4, 0.5) is 0 Å². The lowest BCUT2D eigenvalue weighted by molar-refractivity contribution is 0.0698. The van der Waals surface area contributed by atoms with E-state index in [2.05, 4.69) is 4.90 Å². The maximum absolute atomic E-state index is 13.1. The van der Waals surface area contributed by atoms with Gasteiger partial charge in [0.15, 0.2) is 0 Å². The molecule has 206 valence electrons. The SMILES string of the molecule is O=C(c1ccc(CN2CCN(S(=O)(=O)c3ccccc3)CC2)cc1)N1CCN(S(=O)(=O)c2ccccc2)CC1. The minimum atomic E-state index is -3.57. The van der Waals surface area contributed by atoms with Crippen molar-refractivity contribution in [2.75, 3.05) is 52.4 Å². The molecular formula is C28H32N4O5S2. The first kappa shape index (κ1) is 27.5. The van der Waals surface area contributed by atoms with Crippen molar-refractivity contribution < 1.29 is 21.6 Å². The molecule has 2 heterocycles. The van der Waals surface area contributed by atoms with Crippen molar-refractivity contribution in [3.63, 3.8) is 0 Å². The van der Waals surface area contributed by atoms with Crippen LogP contribution in [0.2, 0.25) is 0 Å². The summed E-state index contributed by atoms with van der Waals surface area (Å²) in [6.07, 6.45) is 0. The lowest BCUT2D eigenvalue weighted by Gasteiger charge is -2.34. The first-order valence-corrected chi connectivity index (χ1v) is 15.8. The molecule has 2 saturated heterocycles. The molecule has 9 nitrogen and oxygen atoms in total. The Labute approximate surface area is 230 Å². The average molecular weight is 569 g/mol. The summed E-state index contributed by atoms with van der Waals surface area (Å²) in [7, 11) is -7.05. The maximum atomic E-state index is 13.1. The Balaban J connectivity index is 1.12. The molecule has 0 N–H and O–H groups in total. The van der Waals surface area contributed by atoms with Gasteiger partial charge in [0.2, 0.25) is 20.0 Å². The molecule has 0 unspecified atom stereocenters. The first-order valence-electron chi connectivity index (χ1n) is 13.0. The van der Waals surface area contributed by atoms with Gasteiger partial charge < -0.3 is 4.90 Å². The van der Waals surface area contributed by atoms with Crippen molar-refractivity contribution in [3.05, 3.63) is 96.1 Å². The number of carbonyl (C=O) groups is 1. The Morgan fingerprint density at radius 3 is 1.46 bits per heavy atom. The molecule has 11 heteroatoms. The third kappa shape index (κ3) is 6.07. The molecule has 39 heavy (non-hydrogen) atoms. The minimum absolute atomic E-state index is 0.113. The molecule has 0 atom stereocenters. The van der Waals surface area contributed by atoms with E-state index in [1.54, 1.807) is 77.7 Å². The van der Waals surface area contributed by atoms with Crippen LogP contribution < -0.4 is 0 Å². The summed E-state index contributed by atoms with van der Waals surface area (Å²) in [5.41, 5.74) is 1.61. The zero-order valence-corrected chi connectivity index (χ0v) is 23.2. The van der Waals surface area contributed by atoms with Gasteiger partial charge in [0.1, 0.15) is 0 Å². The largest absolute Gasteiger partial charge is 0.336 e. The summed E-state index contributed by atoms with van der Waals surface area (Å²) < 4.78 is 54.4. The van der Waals surface area contributed by atoms with E-state index >= 15 is 0 Å². The van der Waals surface area contributed by atoms with Crippen LogP contribution in [0, 0.1) is 0 Å². The summed E-state index contributed by atoms with van der Waals surface area (Å²) in [6, 6.07) is 24.3. The van der Waals surface area contributed by atoms with Crippen molar-refractivity contribution >= 4 is 26.0 Å². The Morgan fingerprint density at radius 2 is 1.00 bits per heavy atom. The number of benzene rings is 3. The van der Waals surface area contributed by atoms with Gasteiger partial charge in [0, 0.05) is 64.5 Å². The van der Waals surface area contributed by atoms with Gasteiger partial charge in [-0.3, -0.25) is 9.69 Å². The van der Waals surface area contributed by atoms with Crippen LogP contribution in [0.5, 0.6) is 0 Å². The van der Waals surface area contributed by atoms with Gasteiger partial charge in [0.25, 0.3) is 5.91 Å². The average Bonchev–Trinajstić information content (AvgIpc) is 2.98. The van der Waals surface area contributed by atoms with Gasteiger partial charge in [-0.1, -0.05) is 48.5 Å². The van der Waals surface area contributed by atoms with E-state index in [0.717, 1.165) is 5.56 Å². The Hall–Kier alpha value is -3.09. The van der Waals surface area contributed by atoms with E-state index in [-0.39, 0.29) is 23.9 Å². The van der Waals surface area contributed by atoms with Crippen molar-refractivity contribution in [2.24, 2.45) is 0 Å². The molecule has 2 aliphatic heterocycles. The highest BCUT2D eigenvalue weighted by Gasteiger charge is 2.31. The van der Waals surface area contributed by atoms with Gasteiger partial charge in [-0.2, -0.15) is 8.61 Å². The van der Waals surface area contributed by atoms with Gasteiger partial charge in [-0.05, 0) is 42.0 Å². The maximum Gasteiger partial charge on any atom is 0.253 e. The summed E-state index contributed by atoms with van der Waals surface area (Å²) >= 11 is 0. The highest BCUT2D eigenvalue weighted by atomic mass is 32.2. The molecule has 0 radical (unpaired) electrons. The molecule has 3 aromatic rings. The van der Waals surface area contributed by atoms with E-state index in [1.807, 2.05) is 12.1 Å². The predicted octanol–water partition coefficient (Wildman–Crippen LogP) is 2.34. The molecule has 0 aliphatic carbocycles. The zero-order valence-electron chi connectivity index (χ0n) is 21.6. The number of sulfonamides is 2. The summed E-state index contributed by atoms with van der Waals surface area (Å²) in [5.74, 6) is -0.113. The van der Waals surface area contributed by atoms with Gasteiger partial charge in [-0.25, -0.2) is 16.8 Å². The Bertz CT molecular complexity index is 1480. The van der Waals surface area contributed by atoms with Crippen LogP contribution in [0.1, 0.15) is 15.9 Å². The highest BCUT2D eigenvalue weighted by molar-refractivity contribution is 7.89. The second-order valence-electron chi connectivity index (χ2n) is 9.70. The third-order valence-corrected chi connectivity index (χ3v) is 11.1. The molecule has 2 aliphatic rings. The van der Waals surface area contributed by atoms with Crippen molar-refractivity contribution in [1.82, 2.24) is 18.4 Å². The molecule has 0 spiro atoms. The van der Waals surface area contributed by atoms with Crippen molar-refractivity contribution in [1.29, 1.82) is 0 Å². The standard InChI is InChI=1S/C28H32N4O5S2/c33-28(30-17-21-32(22-18-30)39(36,37)27-9-5-2-6-10-27)25-13-11-24(12-14-25)23-29-15-19-31(20-16-29)38(34,35)26-7-3-1-4-8-26/h1-14H,15-23H2. The van der Waals surface area contributed by atoms with Crippen LogP contribution in [0.25, 0.3) is 0 Å². The third-order valence-electron chi connectivity index (χ3n) is 7.23. The molecular weight excluding hydrogens is 536 g/mol.